The molecule has 0 aromatic heterocycles. The monoisotopic (exact) mass is 587 g/mol. The van der Waals surface area contributed by atoms with E-state index in [1.54, 1.807) is 0 Å². The van der Waals surface area contributed by atoms with Gasteiger partial charge in [0.1, 0.15) is 17.4 Å². The van der Waals surface area contributed by atoms with Crippen molar-refractivity contribution < 1.29 is 4.74 Å². The molecule has 0 amide bonds. The van der Waals surface area contributed by atoms with Crippen LogP contribution in [0.15, 0.2) is 116 Å². The summed E-state index contributed by atoms with van der Waals surface area (Å²) in [6, 6.07) is 28.9. The van der Waals surface area contributed by atoms with Gasteiger partial charge in [0.25, 0.3) is 0 Å². The second kappa shape index (κ2) is 10.2. The number of nitrogens with zero attached hydrogens (tertiary/aromatic N) is 2. The van der Waals surface area contributed by atoms with E-state index >= 15 is 0 Å². The van der Waals surface area contributed by atoms with Crippen LogP contribution in [-0.4, -0.2) is 18.0 Å². The molecular weight excluding hydrogens is 566 g/mol. The second-order valence-electron chi connectivity index (χ2n) is 8.62. The van der Waals surface area contributed by atoms with Gasteiger partial charge in [0.2, 0.25) is 5.88 Å². The van der Waals surface area contributed by atoms with E-state index in [9.17, 15) is 5.26 Å². The van der Waals surface area contributed by atoms with Crippen molar-refractivity contribution in [2.75, 3.05) is 13.1 Å². The fourth-order valence-electron chi connectivity index (χ4n) is 4.74. The number of nitriles is 1. The lowest BCUT2D eigenvalue weighted by Crippen LogP contribution is -2.37. The first-order valence-electron chi connectivity index (χ1n) is 11.3. The van der Waals surface area contributed by atoms with Crippen LogP contribution in [0.25, 0.3) is 6.08 Å². The molecule has 2 heterocycles. The molecule has 6 heteroatoms. The number of benzene rings is 3. The smallest absolute Gasteiger partial charge is 0.205 e. The maximum absolute atomic E-state index is 10.1. The molecule has 3 aromatic rings. The van der Waals surface area contributed by atoms with Crippen LogP contribution in [0.2, 0.25) is 0 Å². The Bertz CT molecular complexity index is 1400. The maximum atomic E-state index is 10.1. The van der Waals surface area contributed by atoms with Gasteiger partial charge in [-0.2, -0.15) is 5.26 Å². The van der Waals surface area contributed by atoms with E-state index in [2.05, 4.69) is 79.2 Å². The van der Waals surface area contributed by atoms with Crippen LogP contribution >= 0.6 is 31.9 Å². The minimum atomic E-state index is -0.291. The van der Waals surface area contributed by atoms with Crippen LogP contribution in [0.1, 0.15) is 22.6 Å². The number of hydrogen-bond acceptors (Lipinski definition) is 4. The minimum absolute atomic E-state index is 0.168. The molecule has 1 unspecified atom stereocenters. The summed E-state index contributed by atoms with van der Waals surface area (Å²) in [7, 11) is 0. The first kappa shape index (κ1) is 23.6. The Morgan fingerprint density at radius 3 is 2.34 bits per heavy atom. The minimum Gasteiger partial charge on any atom is -0.440 e. The fourth-order valence-corrected chi connectivity index (χ4v) is 5.65. The average Bonchev–Trinajstić information content (AvgIpc) is 2.86. The zero-order chi connectivity index (χ0) is 24.4. The number of hydrogen-bond donors (Lipinski definition) is 1. The van der Waals surface area contributed by atoms with E-state index < -0.39 is 0 Å². The second-order valence-corrected chi connectivity index (χ2v) is 10.3. The van der Waals surface area contributed by atoms with Gasteiger partial charge in [0, 0.05) is 34.2 Å². The summed E-state index contributed by atoms with van der Waals surface area (Å²) in [5, 5.41) is 10.1. The first-order chi connectivity index (χ1) is 17.0. The van der Waals surface area contributed by atoms with Crippen LogP contribution in [0.4, 0.5) is 0 Å². The van der Waals surface area contributed by atoms with Gasteiger partial charge in [0.15, 0.2) is 0 Å². The van der Waals surface area contributed by atoms with Crippen molar-refractivity contribution in [2.45, 2.75) is 12.5 Å². The Kier molecular flexibility index (Phi) is 6.92. The predicted octanol–water partition coefficient (Wildman–Crippen LogP) is 6.87. The summed E-state index contributed by atoms with van der Waals surface area (Å²) in [6.07, 6.45) is 2.15. The van der Waals surface area contributed by atoms with Crippen LogP contribution < -0.4 is 5.73 Å². The summed E-state index contributed by atoms with van der Waals surface area (Å²) >= 11 is 7.37. The number of rotatable bonds is 4. The van der Waals surface area contributed by atoms with Crippen molar-refractivity contribution in [3.05, 3.63) is 133 Å². The van der Waals surface area contributed by atoms with Crippen molar-refractivity contribution in [2.24, 2.45) is 5.73 Å². The highest BCUT2D eigenvalue weighted by molar-refractivity contribution is 9.10. The van der Waals surface area contributed by atoms with Crippen molar-refractivity contribution in [1.82, 2.24) is 4.90 Å². The highest BCUT2D eigenvalue weighted by atomic mass is 79.9. The molecule has 174 valence electrons. The number of ether oxygens (including phenoxy) is 1. The van der Waals surface area contributed by atoms with Gasteiger partial charge < -0.3 is 10.5 Å². The first-order valence-corrected chi connectivity index (χ1v) is 12.9. The lowest BCUT2D eigenvalue weighted by molar-refractivity contribution is 0.230. The molecule has 35 heavy (non-hydrogen) atoms. The number of allylic oxidation sites excluding steroid dienone is 1. The van der Waals surface area contributed by atoms with E-state index in [4.69, 9.17) is 10.5 Å². The molecule has 5 rings (SSSR count). The van der Waals surface area contributed by atoms with E-state index in [0.717, 1.165) is 43.5 Å². The third-order valence-corrected chi connectivity index (χ3v) is 7.75. The lowest BCUT2D eigenvalue weighted by Gasteiger charge is -2.38. The van der Waals surface area contributed by atoms with E-state index in [0.29, 0.717) is 18.7 Å². The highest BCUT2D eigenvalue weighted by Crippen LogP contribution is 2.45. The standard InChI is InChI=1S/C29H23Br2N3O/c30-25-12-6-4-10-20(25)14-21-17-34(16-19-8-2-1-3-9-19)18-24-27(22-11-5-7-13-26(22)31)23(15-32)29(33)35-28(21)24/h1-14,27H,16-18,33H2/b21-14+. The SMILES string of the molecule is N#CC1=C(N)OC2=C(CN(Cc3ccccc3)C/C2=C\c2ccccc2Br)C1c1ccccc1Br. The molecular formula is C29H23Br2N3O. The summed E-state index contributed by atoms with van der Waals surface area (Å²) in [6.45, 7) is 2.16. The molecule has 0 aliphatic carbocycles. The fraction of sp³-hybridized carbons (Fsp3) is 0.138. The summed E-state index contributed by atoms with van der Waals surface area (Å²) < 4.78 is 8.15. The molecule has 0 saturated heterocycles. The van der Waals surface area contributed by atoms with E-state index in [1.165, 1.54) is 5.56 Å². The molecule has 0 bridgehead atoms. The van der Waals surface area contributed by atoms with Gasteiger partial charge in [0.05, 0.1) is 5.92 Å². The van der Waals surface area contributed by atoms with Gasteiger partial charge in [-0.3, -0.25) is 4.90 Å². The normalized spacial score (nSPS) is 19.3. The van der Waals surface area contributed by atoms with Crippen LogP contribution in [-0.2, 0) is 11.3 Å². The summed E-state index contributed by atoms with van der Waals surface area (Å²) in [4.78, 5) is 2.39. The highest BCUT2D eigenvalue weighted by Gasteiger charge is 2.38. The zero-order valence-electron chi connectivity index (χ0n) is 18.9. The van der Waals surface area contributed by atoms with Crippen molar-refractivity contribution >= 4 is 37.9 Å². The van der Waals surface area contributed by atoms with Crippen molar-refractivity contribution in [3.8, 4) is 6.07 Å². The molecule has 1 atom stereocenters. The van der Waals surface area contributed by atoms with Crippen LogP contribution in [0.5, 0.6) is 0 Å². The predicted molar refractivity (Wildman–Crippen MR) is 146 cm³/mol. The molecule has 4 nitrogen and oxygen atoms in total. The molecule has 0 fully saturated rings. The maximum Gasteiger partial charge on any atom is 0.205 e. The number of nitrogens with two attached hydrogens (primary N) is 1. The van der Waals surface area contributed by atoms with Gasteiger partial charge in [-0.15, -0.1) is 0 Å². The summed E-state index contributed by atoms with van der Waals surface area (Å²) in [5.74, 6) is 0.643. The molecule has 3 aromatic carbocycles. The molecule has 2 aliphatic rings. The third-order valence-electron chi connectivity index (χ3n) is 6.31. The van der Waals surface area contributed by atoms with Gasteiger partial charge in [-0.1, -0.05) is 98.6 Å². The molecule has 0 saturated carbocycles. The van der Waals surface area contributed by atoms with Crippen molar-refractivity contribution in [1.29, 1.82) is 5.26 Å². The van der Waals surface area contributed by atoms with Gasteiger partial charge >= 0.3 is 0 Å². The van der Waals surface area contributed by atoms with Crippen LogP contribution in [0, 0.1) is 11.3 Å². The van der Waals surface area contributed by atoms with E-state index in [-0.39, 0.29) is 11.8 Å². The average molecular weight is 589 g/mol. The largest absolute Gasteiger partial charge is 0.440 e. The molecule has 0 spiro atoms. The Morgan fingerprint density at radius 1 is 0.943 bits per heavy atom. The quantitative estimate of drug-likeness (QED) is 0.361. The topological polar surface area (TPSA) is 62.3 Å². The van der Waals surface area contributed by atoms with Gasteiger partial charge in [-0.25, -0.2) is 0 Å². The molecule has 2 N–H and O–H groups in total. The molecule has 2 aliphatic heterocycles. The zero-order valence-corrected chi connectivity index (χ0v) is 22.1. The Hall–Kier alpha value is -3.11. The van der Waals surface area contributed by atoms with E-state index in [1.807, 2.05) is 48.5 Å². The van der Waals surface area contributed by atoms with Crippen LogP contribution in [0.3, 0.4) is 0 Å². The van der Waals surface area contributed by atoms with Gasteiger partial charge in [-0.05, 0) is 40.5 Å². The summed E-state index contributed by atoms with van der Waals surface area (Å²) in [5.41, 5.74) is 12.2. The Labute approximate surface area is 222 Å². The Morgan fingerprint density at radius 2 is 1.63 bits per heavy atom. The third kappa shape index (κ3) is 4.85. The number of halogens is 2. The molecule has 0 radical (unpaired) electrons. The van der Waals surface area contributed by atoms with Crippen molar-refractivity contribution in [3.63, 3.8) is 0 Å². The Balaban J connectivity index is 1.66. The lowest BCUT2D eigenvalue weighted by atomic mass is 9.80.